The predicted octanol–water partition coefficient (Wildman–Crippen LogP) is 4.05. The first-order valence-electron chi connectivity index (χ1n) is 7.21. The number of allylic oxidation sites excluding steroid dienone is 3. The summed E-state index contributed by atoms with van der Waals surface area (Å²) in [6.45, 7) is 1.98. The Morgan fingerprint density at radius 2 is 2.09 bits per heavy atom. The van der Waals surface area contributed by atoms with Gasteiger partial charge in [-0.05, 0) is 17.5 Å². The Bertz CT molecular complexity index is 805. The van der Waals surface area contributed by atoms with Crippen LogP contribution in [0.3, 0.4) is 0 Å². The number of benzene rings is 1. The minimum atomic E-state index is -0.630. The summed E-state index contributed by atoms with van der Waals surface area (Å²) in [7, 11) is 0. The van der Waals surface area contributed by atoms with E-state index < -0.39 is 5.92 Å². The summed E-state index contributed by atoms with van der Waals surface area (Å²) in [6, 6.07) is 7.21. The van der Waals surface area contributed by atoms with Gasteiger partial charge in [-0.25, -0.2) is 0 Å². The number of rotatable bonds is 1. The quantitative estimate of drug-likeness (QED) is 0.830. The van der Waals surface area contributed by atoms with Crippen LogP contribution in [-0.2, 0) is 9.53 Å². The van der Waals surface area contributed by atoms with Crippen LogP contribution in [-0.4, -0.2) is 5.78 Å². The van der Waals surface area contributed by atoms with Gasteiger partial charge < -0.3 is 10.5 Å². The van der Waals surface area contributed by atoms with E-state index >= 15 is 0 Å². The Labute approximate surface area is 144 Å². The van der Waals surface area contributed by atoms with E-state index in [0.29, 0.717) is 39.8 Å². The van der Waals surface area contributed by atoms with Crippen LogP contribution in [0.1, 0.15) is 31.2 Å². The molecule has 1 aromatic carbocycles. The molecule has 0 aromatic heterocycles. The van der Waals surface area contributed by atoms with E-state index in [1.165, 1.54) is 0 Å². The van der Waals surface area contributed by atoms with Crippen molar-refractivity contribution >= 4 is 29.0 Å². The second-order valence-electron chi connectivity index (χ2n) is 5.84. The first kappa shape index (κ1) is 15.9. The van der Waals surface area contributed by atoms with Crippen molar-refractivity contribution in [2.24, 2.45) is 11.7 Å². The van der Waals surface area contributed by atoms with Gasteiger partial charge in [-0.15, -0.1) is 0 Å². The maximum absolute atomic E-state index is 12.6. The summed E-state index contributed by atoms with van der Waals surface area (Å²) >= 11 is 12.4. The highest BCUT2D eigenvalue weighted by Gasteiger charge is 2.40. The first-order valence-corrected chi connectivity index (χ1v) is 7.97. The maximum Gasteiger partial charge on any atom is 0.205 e. The van der Waals surface area contributed by atoms with E-state index in [-0.39, 0.29) is 23.2 Å². The number of nitriles is 1. The van der Waals surface area contributed by atoms with Crippen molar-refractivity contribution in [2.75, 3.05) is 0 Å². The number of ether oxygens (including phenoxy) is 1. The largest absolute Gasteiger partial charge is 0.444 e. The molecular weight excluding hydrogens is 335 g/mol. The molecule has 0 saturated heterocycles. The second kappa shape index (κ2) is 5.92. The minimum absolute atomic E-state index is 0.0224. The van der Waals surface area contributed by atoms with E-state index in [1.54, 1.807) is 18.2 Å². The van der Waals surface area contributed by atoms with Crippen LogP contribution >= 0.6 is 23.2 Å². The molecule has 2 N–H and O–H groups in total. The van der Waals surface area contributed by atoms with Crippen molar-refractivity contribution in [3.63, 3.8) is 0 Å². The standard InChI is InChI=1S/C17H14Cl2N2O2/c1-8-5-12(22)15-13(6-8)23-17(21)10(7-20)14(15)9-3-2-4-11(18)16(9)19/h2-4,8,14H,5-6,21H2,1H3/t8-,14-/m1/s1. The van der Waals surface area contributed by atoms with Crippen LogP contribution in [0, 0.1) is 17.2 Å². The van der Waals surface area contributed by atoms with Gasteiger partial charge in [0.1, 0.15) is 17.4 Å². The van der Waals surface area contributed by atoms with Gasteiger partial charge in [0.2, 0.25) is 5.88 Å². The number of Topliss-reactive ketones (excluding diaryl/α,β-unsaturated/α-hetero) is 1. The molecule has 0 bridgehead atoms. The zero-order valence-corrected chi connectivity index (χ0v) is 13.9. The van der Waals surface area contributed by atoms with E-state index in [1.807, 2.05) is 6.92 Å². The van der Waals surface area contributed by atoms with E-state index in [0.717, 1.165) is 0 Å². The second-order valence-corrected chi connectivity index (χ2v) is 6.63. The molecule has 1 heterocycles. The molecule has 2 aliphatic rings. The normalized spacial score (nSPS) is 24.2. The molecule has 4 nitrogen and oxygen atoms in total. The molecule has 1 aromatic rings. The van der Waals surface area contributed by atoms with E-state index in [9.17, 15) is 10.1 Å². The van der Waals surface area contributed by atoms with E-state index in [4.69, 9.17) is 33.7 Å². The Kier molecular flexibility index (Phi) is 4.09. The third-order valence-electron chi connectivity index (χ3n) is 4.16. The van der Waals surface area contributed by atoms with Crippen LogP contribution < -0.4 is 5.73 Å². The van der Waals surface area contributed by atoms with Gasteiger partial charge in [-0.2, -0.15) is 5.26 Å². The van der Waals surface area contributed by atoms with E-state index in [2.05, 4.69) is 6.07 Å². The molecule has 0 fully saturated rings. The zero-order chi connectivity index (χ0) is 16.7. The van der Waals surface area contributed by atoms with Crippen molar-refractivity contribution in [2.45, 2.75) is 25.7 Å². The summed E-state index contributed by atoms with van der Waals surface area (Å²) in [6.07, 6.45) is 1.02. The van der Waals surface area contributed by atoms with Crippen LogP contribution in [0.15, 0.2) is 41.0 Å². The van der Waals surface area contributed by atoms with Gasteiger partial charge in [0, 0.05) is 18.4 Å². The highest BCUT2D eigenvalue weighted by atomic mass is 35.5. The third-order valence-corrected chi connectivity index (χ3v) is 4.99. The Morgan fingerprint density at radius 1 is 1.35 bits per heavy atom. The summed E-state index contributed by atoms with van der Waals surface area (Å²) in [5.41, 5.74) is 7.17. The van der Waals surface area contributed by atoms with Crippen molar-refractivity contribution in [3.05, 3.63) is 56.6 Å². The molecule has 0 unspecified atom stereocenters. The fourth-order valence-electron chi connectivity index (χ4n) is 3.15. The summed E-state index contributed by atoms with van der Waals surface area (Å²) in [4.78, 5) is 12.6. The number of ketones is 1. The van der Waals surface area contributed by atoms with Gasteiger partial charge in [-0.1, -0.05) is 42.3 Å². The number of nitrogens with two attached hydrogens (primary N) is 1. The lowest BCUT2D eigenvalue weighted by molar-refractivity contribution is -0.117. The molecular formula is C17H14Cl2N2O2. The zero-order valence-electron chi connectivity index (χ0n) is 12.4. The number of hydrogen-bond acceptors (Lipinski definition) is 4. The molecule has 118 valence electrons. The monoisotopic (exact) mass is 348 g/mol. The highest BCUT2D eigenvalue weighted by molar-refractivity contribution is 6.42. The molecule has 3 rings (SSSR count). The summed E-state index contributed by atoms with van der Waals surface area (Å²) < 4.78 is 5.57. The Hall–Kier alpha value is -1.96. The average molecular weight is 349 g/mol. The maximum atomic E-state index is 12.6. The lowest BCUT2D eigenvalue weighted by Gasteiger charge is -2.33. The molecule has 0 spiro atoms. The van der Waals surface area contributed by atoms with Gasteiger partial charge in [-0.3, -0.25) is 4.79 Å². The van der Waals surface area contributed by atoms with Crippen molar-refractivity contribution in [1.29, 1.82) is 5.26 Å². The molecule has 0 saturated carbocycles. The summed E-state index contributed by atoms with van der Waals surface area (Å²) in [5.74, 6) is 0.0589. The van der Waals surface area contributed by atoms with Crippen LogP contribution in [0.25, 0.3) is 0 Å². The average Bonchev–Trinajstić information content (AvgIpc) is 2.48. The smallest absolute Gasteiger partial charge is 0.205 e. The summed E-state index contributed by atoms with van der Waals surface area (Å²) in [5, 5.41) is 10.2. The Balaban J connectivity index is 2.24. The molecule has 1 aliphatic heterocycles. The Morgan fingerprint density at radius 3 is 2.78 bits per heavy atom. The van der Waals surface area contributed by atoms with Gasteiger partial charge in [0.25, 0.3) is 0 Å². The number of carbonyl (C=O) groups excluding carboxylic acids is 1. The van der Waals surface area contributed by atoms with Gasteiger partial charge >= 0.3 is 0 Å². The topological polar surface area (TPSA) is 76.1 Å². The lowest BCUT2D eigenvalue weighted by atomic mass is 9.75. The van der Waals surface area contributed by atoms with Crippen molar-refractivity contribution < 1.29 is 9.53 Å². The molecule has 23 heavy (non-hydrogen) atoms. The highest BCUT2D eigenvalue weighted by Crippen LogP contribution is 2.47. The van der Waals surface area contributed by atoms with Gasteiger partial charge in [0.05, 0.1) is 16.0 Å². The number of hydrogen-bond donors (Lipinski definition) is 1. The number of carbonyl (C=O) groups is 1. The van der Waals surface area contributed by atoms with Gasteiger partial charge in [0.15, 0.2) is 5.78 Å². The fraction of sp³-hybridized carbons (Fsp3) is 0.294. The first-order chi connectivity index (χ1) is 10.9. The lowest BCUT2D eigenvalue weighted by Crippen LogP contribution is -2.29. The molecule has 0 amide bonds. The van der Waals surface area contributed by atoms with Crippen molar-refractivity contribution in [3.8, 4) is 6.07 Å². The molecule has 6 heteroatoms. The predicted molar refractivity (Wildman–Crippen MR) is 87.5 cm³/mol. The molecule has 0 radical (unpaired) electrons. The number of nitrogens with zero attached hydrogens (tertiary/aromatic N) is 1. The van der Waals surface area contributed by atoms with Crippen molar-refractivity contribution in [1.82, 2.24) is 0 Å². The SMILES string of the molecule is C[C@@H]1CC(=O)C2=C(C1)OC(N)=C(C#N)[C@H]2c1cccc(Cl)c1Cl. The van der Waals surface area contributed by atoms with Crippen LogP contribution in [0.5, 0.6) is 0 Å². The molecule has 2 atom stereocenters. The van der Waals surface area contributed by atoms with Crippen LogP contribution in [0.4, 0.5) is 0 Å². The number of halogens is 2. The molecule has 1 aliphatic carbocycles. The minimum Gasteiger partial charge on any atom is -0.444 e. The van der Waals surface area contributed by atoms with Crippen LogP contribution in [0.2, 0.25) is 10.0 Å². The fourth-order valence-corrected chi connectivity index (χ4v) is 3.56. The third kappa shape index (κ3) is 2.60.